The number of rotatable bonds is 3. The molecule has 4 saturated carbocycles. The summed E-state index contributed by atoms with van der Waals surface area (Å²) < 4.78 is 0. The summed E-state index contributed by atoms with van der Waals surface area (Å²) in [5.74, 6) is 2.60. The summed E-state index contributed by atoms with van der Waals surface area (Å²) in [4.78, 5) is 14.6. The van der Waals surface area contributed by atoms with Crippen LogP contribution in [0, 0.1) is 23.2 Å². The molecule has 6 rings (SSSR count). The number of amides is 1. The molecule has 4 bridgehead atoms. The third-order valence-electron chi connectivity index (χ3n) is 6.29. The van der Waals surface area contributed by atoms with E-state index in [0.29, 0.717) is 0 Å². The highest BCUT2D eigenvalue weighted by atomic mass is 16.2. The van der Waals surface area contributed by atoms with E-state index in [1.165, 1.54) is 19.3 Å². The number of benzene rings is 1. The minimum absolute atomic E-state index is 0.100. The maximum atomic E-state index is 13.0. The van der Waals surface area contributed by atoms with Crippen molar-refractivity contribution >= 4 is 11.6 Å². The van der Waals surface area contributed by atoms with Crippen LogP contribution >= 0.6 is 0 Å². The molecule has 0 saturated heterocycles. The summed E-state index contributed by atoms with van der Waals surface area (Å²) in [6.07, 6.45) is 10.7. The van der Waals surface area contributed by atoms with Crippen LogP contribution in [0.3, 0.4) is 0 Å². The zero-order chi connectivity index (χ0) is 16.1. The lowest BCUT2D eigenvalue weighted by Crippen LogP contribution is -2.51. The van der Waals surface area contributed by atoms with Gasteiger partial charge in [-0.05, 0) is 80.5 Å². The standard InChI is InChI=1S/C19H22N4O/c24-18(19-10-13-7-14(11-19)9-15(8-13)12-19)22-16-1-3-17(4-2-16)23-20-5-6-21-23/h1-6,13-15H,7-12H2,(H,22,24). The molecule has 24 heavy (non-hydrogen) atoms. The van der Waals surface area contributed by atoms with Crippen molar-refractivity contribution in [3.63, 3.8) is 0 Å². The van der Waals surface area contributed by atoms with E-state index in [2.05, 4.69) is 15.5 Å². The van der Waals surface area contributed by atoms with Gasteiger partial charge in [-0.2, -0.15) is 15.0 Å². The molecule has 1 aromatic carbocycles. The number of carbonyl (C=O) groups excluding carboxylic acids is 1. The van der Waals surface area contributed by atoms with Crippen molar-refractivity contribution in [1.82, 2.24) is 15.0 Å². The summed E-state index contributed by atoms with van der Waals surface area (Å²) in [6, 6.07) is 7.76. The number of nitrogens with one attached hydrogen (secondary N) is 1. The third kappa shape index (κ3) is 2.26. The van der Waals surface area contributed by atoms with Gasteiger partial charge in [-0.3, -0.25) is 4.79 Å². The van der Waals surface area contributed by atoms with Crippen LogP contribution in [0.1, 0.15) is 38.5 Å². The molecule has 4 aliphatic carbocycles. The Bertz CT molecular complexity index is 715. The monoisotopic (exact) mass is 322 g/mol. The largest absolute Gasteiger partial charge is 0.326 e. The lowest BCUT2D eigenvalue weighted by Gasteiger charge is -2.55. The summed E-state index contributed by atoms with van der Waals surface area (Å²) in [5, 5.41) is 11.4. The van der Waals surface area contributed by atoms with Gasteiger partial charge in [0.15, 0.2) is 0 Å². The Morgan fingerprint density at radius 2 is 1.50 bits per heavy atom. The highest BCUT2D eigenvalue weighted by Crippen LogP contribution is 2.60. The molecular formula is C19H22N4O. The summed E-state index contributed by atoms with van der Waals surface area (Å²) in [7, 11) is 0. The molecule has 5 nitrogen and oxygen atoms in total. The fraction of sp³-hybridized carbons (Fsp3) is 0.526. The lowest BCUT2D eigenvalue weighted by atomic mass is 9.49. The molecular weight excluding hydrogens is 300 g/mol. The van der Waals surface area contributed by atoms with Gasteiger partial charge < -0.3 is 5.32 Å². The van der Waals surface area contributed by atoms with Gasteiger partial charge in [0.05, 0.1) is 23.5 Å². The molecule has 1 amide bonds. The molecule has 4 fully saturated rings. The zero-order valence-corrected chi connectivity index (χ0v) is 13.7. The van der Waals surface area contributed by atoms with Crippen LogP contribution in [0.2, 0.25) is 0 Å². The minimum Gasteiger partial charge on any atom is -0.326 e. The summed E-state index contributed by atoms with van der Waals surface area (Å²) >= 11 is 0. The van der Waals surface area contributed by atoms with Crippen molar-refractivity contribution in [3.8, 4) is 5.69 Å². The molecule has 124 valence electrons. The molecule has 4 aliphatic rings. The van der Waals surface area contributed by atoms with Crippen molar-refractivity contribution in [2.24, 2.45) is 23.2 Å². The molecule has 2 aromatic rings. The molecule has 0 spiro atoms. The summed E-state index contributed by atoms with van der Waals surface area (Å²) in [6.45, 7) is 0. The fourth-order valence-electron chi connectivity index (χ4n) is 5.68. The molecule has 5 heteroatoms. The van der Waals surface area contributed by atoms with Crippen LogP contribution < -0.4 is 5.32 Å². The third-order valence-corrected chi connectivity index (χ3v) is 6.29. The number of nitrogens with zero attached hydrogens (tertiary/aromatic N) is 3. The SMILES string of the molecule is O=C(Nc1ccc(-n2nccn2)cc1)C12CC3CC(CC(C3)C1)C2. The quantitative estimate of drug-likeness (QED) is 0.942. The van der Waals surface area contributed by atoms with Crippen LogP contribution in [0.25, 0.3) is 5.69 Å². The van der Waals surface area contributed by atoms with Crippen molar-refractivity contribution < 1.29 is 4.79 Å². The van der Waals surface area contributed by atoms with E-state index in [-0.39, 0.29) is 11.3 Å². The predicted octanol–water partition coefficient (Wildman–Crippen LogP) is 3.42. The number of hydrogen-bond acceptors (Lipinski definition) is 3. The number of aromatic nitrogens is 3. The van der Waals surface area contributed by atoms with Crippen molar-refractivity contribution in [3.05, 3.63) is 36.7 Å². The number of anilines is 1. The Kier molecular flexibility index (Phi) is 3.05. The van der Waals surface area contributed by atoms with E-state index in [0.717, 1.165) is 48.4 Å². The first-order chi connectivity index (χ1) is 11.7. The van der Waals surface area contributed by atoms with E-state index in [9.17, 15) is 4.79 Å². The first-order valence-electron chi connectivity index (χ1n) is 8.98. The normalized spacial score (nSPS) is 33.6. The van der Waals surface area contributed by atoms with Gasteiger partial charge in [0.2, 0.25) is 5.91 Å². The Hall–Kier alpha value is -2.17. The van der Waals surface area contributed by atoms with Gasteiger partial charge in [0.1, 0.15) is 0 Å². The second kappa shape index (κ2) is 5.16. The second-order valence-electron chi connectivity index (χ2n) is 8.02. The van der Waals surface area contributed by atoms with Gasteiger partial charge in [-0.1, -0.05) is 0 Å². The van der Waals surface area contributed by atoms with Gasteiger partial charge in [0, 0.05) is 5.69 Å². The van der Waals surface area contributed by atoms with Crippen molar-refractivity contribution in [2.75, 3.05) is 5.32 Å². The fourth-order valence-corrected chi connectivity index (χ4v) is 5.68. The van der Waals surface area contributed by atoms with Crippen LogP contribution in [0.4, 0.5) is 5.69 Å². The minimum atomic E-state index is -0.100. The van der Waals surface area contributed by atoms with Crippen LogP contribution in [-0.2, 0) is 4.79 Å². The molecule has 1 heterocycles. The highest BCUT2D eigenvalue weighted by molar-refractivity contribution is 5.95. The molecule has 1 N–H and O–H groups in total. The van der Waals surface area contributed by atoms with Crippen LogP contribution in [-0.4, -0.2) is 20.9 Å². The average molecular weight is 322 g/mol. The number of hydrogen-bond donors (Lipinski definition) is 1. The topological polar surface area (TPSA) is 59.8 Å². The van der Waals surface area contributed by atoms with E-state index in [4.69, 9.17) is 0 Å². The van der Waals surface area contributed by atoms with Gasteiger partial charge in [-0.25, -0.2) is 0 Å². The van der Waals surface area contributed by atoms with Gasteiger partial charge in [-0.15, -0.1) is 0 Å². The average Bonchev–Trinajstić information content (AvgIpc) is 3.09. The van der Waals surface area contributed by atoms with E-state index in [1.54, 1.807) is 17.2 Å². The van der Waals surface area contributed by atoms with Crippen molar-refractivity contribution in [2.45, 2.75) is 38.5 Å². The second-order valence-corrected chi connectivity index (χ2v) is 8.02. The molecule has 0 aliphatic heterocycles. The maximum Gasteiger partial charge on any atom is 0.230 e. The predicted molar refractivity (Wildman–Crippen MR) is 90.6 cm³/mol. The zero-order valence-electron chi connectivity index (χ0n) is 13.7. The molecule has 0 atom stereocenters. The first-order valence-corrected chi connectivity index (χ1v) is 8.98. The van der Waals surface area contributed by atoms with E-state index >= 15 is 0 Å². The lowest BCUT2D eigenvalue weighted by molar-refractivity contribution is -0.140. The first kappa shape index (κ1) is 14.2. The van der Waals surface area contributed by atoms with Crippen LogP contribution in [0.5, 0.6) is 0 Å². The molecule has 0 radical (unpaired) electrons. The van der Waals surface area contributed by atoms with E-state index in [1.807, 2.05) is 24.3 Å². The Morgan fingerprint density at radius 3 is 2.04 bits per heavy atom. The maximum absolute atomic E-state index is 13.0. The van der Waals surface area contributed by atoms with Gasteiger partial charge in [0.25, 0.3) is 0 Å². The number of carbonyl (C=O) groups is 1. The molecule has 1 aromatic heterocycles. The van der Waals surface area contributed by atoms with Crippen LogP contribution in [0.15, 0.2) is 36.7 Å². The van der Waals surface area contributed by atoms with E-state index < -0.39 is 0 Å². The Labute approximate surface area is 141 Å². The van der Waals surface area contributed by atoms with Gasteiger partial charge >= 0.3 is 0 Å². The Balaban J connectivity index is 1.33. The van der Waals surface area contributed by atoms with Crippen molar-refractivity contribution in [1.29, 1.82) is 0 Å². The highest BCUT2D eigenvalue weighted by Gasteiger charge is 2.54. The smallest absolute Gasteiger partial charge is 0.230 e. The summed E-state index contributed by atoms with van der Waals surface area (Å²) in [5.41, 5.74) is 1.66. The Morgan fingerprint density at radius 1 is 0.958 bits per heavy atom. The molecule has 0 unspecified atom stereocenters.